The number of carbonyl (C=O) groups excluding carboxylic acids is 2. The molecule has 2 amide bonds. The summed E-state index contributed by atoms with van der Waals surface area (Å²) in [5, 5.41) is 7.40. The molecular weight excluding hydrogens is 345 g/mol. The molecule has 10 heteroatoms. The number of nitrogens with zero attached hydrogens (tertiary/aromatic N) is 3. The Bertz CT molecular complexity index is 628. The van der Waals surface area contributed by atoms with Gasteiger partial charge in [-0.05, 0) is 12.8 Å². The lowest BCUT2D eigenvalue weighted by Crippen LogP contribution is -2.38. The SMILES string of the molecule is O=C(Nc1nnc(C(F)(F)F)s1)C1CC(=O)N(C2CCCCC2)C1. The van der Waals surface area contributed by atoms with Crippen LogP contribution in [0.15, 0.2) is 0 Å². The van der Waals surface area contributed by atoms with Gasteiger partial charge in [-0.15, -0.1) is 10.2 Å². The highest BCUT2D eigenvalue weighted by Gasteiger charge is 2.39. The Morgan fingerprint density at radius 3 is 2.54 bits per heavy atom. The lowest BCUT2D eigenvalue weighted by molar-refractivity contribution is -0.138. The number of hydrogen-bond donors (Lipinski definition) is 1. The average Bonchev–Trinajstić information content (AvgIpc) is 3.14. The highest BCUT2D eigenvalue weighted by Crippen LogP contribution is 2.34. The molecule has 24 heavy (non-hydrogen) atoms. The van der Waals surface area contributed by atoms with Crippen molar-refractivity contribution in [1.29, 1.82) is 0 Å². The summed E-state index contributed by atoms with van der Waals surface area (Å²) >= 11 is 0.279. The van der Waals surface area contributed by atoms with Crippen LogP contribution in [-0.2, 0) is 15.8 Å². The van der Waals surface area contributed by atoms with Crippen molar-refractivity contribution in [2.24, 2.45) is 5.92 Å². The molecular formula is C14H17F3N4O2S. The van der Waals surface area contributed by atoms with Gasteiger partial charge < -0.3 is 10.2 Å². The zero-order valence-corrected chi connectivity index (χ0v) is 13.6. The summed E-state index contributed by atoms with van der Waals surface area (Å²) in [5.74, 6) is -1.10. The topological polar surface area (TPSA) is 75.2 Å². The van der Waals surface area contributed by atoms with Crippen LogP contribution in [0, 0.1) is 5.92 Å². The smallest absolute Gasteiger partial charge is 0.339 e. The third-order valence-corrected chi connectivity index (χ3v) is 5.33. The van der Waals surface area contributed by atoms with Crippen LogP contribution in [-0.4, -0.2) is 39.5 Å². The van der Waals surface area contributed by atoms with Crippen molar-refractivity contribution in [2.75, 3.05) is 11.9 Å². The molecule has 1 N–H and O–H groups in total. The summed E-state index contributed by atoms with van der Waals surface area (Å²) in [4.78, 5) is 26.1. The van der Waals surface area contributed by atoms with Crippen LogP contribution in [0.1, 0.15) is 43.5 Å². The van der Waals surface area contributed by atoms with E-state index in [0.717, 1.165) is 25.7 Å². The van der Waals surface area contributed by atoms with E-state index in [1.165, 1.54) is 6.42 Å². The van der Waals surface area contributed by atoms with Crippen molar-refractivity contribution in [1.82, 2.24) is 15.1 Å². The molecule has 1 aromatic rings. The minimum Gasteiger partial charge on any atom is -0.339 e. The number of carbonyl (C=O) groups is 2. The first kappa shape index (κ1) is 17.1. The van der Waals surface area contributed by atoms with Gasteiger partial charge in [-0.3, -0.25) is 9.59 Å². The van der Waals surface area contributed by atoms with Gasteiger partial charge in [0.2, 0.25) is 22.0 Å². The van der Waals surface area contributed by atoms with Gasteiger partial charge in [0.15, 0.2) is 0 Å². The first-order valence-corrected chi connectivity index (χ1v) is 8.67. The zero-order valence-electron chi connectivity index (χ0n) is 12.8. The van der Waals surface area contributed by atoms with Gasteiger partial charge in [-0.1, -0.05) is 30.6 Å². The third-order valence-electron chi connectivity index (χ3n) is 4.44. The van der Waals surface area contributed by atoms with Crippen LogP contribution in [0.4, 0.5) is 18.3 Å². The van der Waals surface area contributed by atoms with Crippen LogP contribution in [0.25, 0.3) is 0 Å². The second-order valence-electron chi connectivity index (χ2n) is 6.14. The number of hydrogen-bond acceptors (Lipinski definition) is 5. The maximum atomic E-state index is 12.5. The molecule has 1 aliphatic carbocycles. The Hall–Kier alpha value is -1.71. The molecule has 1 aliphatic heterocycles. The summed E-state index contributed by atoms with van der Waals surface area (Å²) < 4.78 is 37.5. The Morgan fingerprint density at radius 2 is 1.92 bits per heavy atom. The molecule has 2 heterocycles. The Balaban J connectivity index is 1.59. The summed E-state index contributed by atoms with van der Waals surface area (Å²) in [6.07, 6.45) is 0.736. The molecule has 0 spiro atoms. The average molecular weight is 362 g/mol. The summed E-state index contributed by atoms with van der Waals surface area (Å²) in [7, 11) is 0. The molecule has 1 saturated heterocycles. The molecule has 132 valence electrons. The van der Waals surface area contributed by atoms with E-state index < -0.39 is 23.0 Å². The fourth-order valence-corrected chi connectivity index (χ4v) is 3.86. The summed E-state index contributed by atoms with van der Waals surface area (Å²) in [6, 6.07) is 0.183. The van der Waals surface area contributed by atoms with Crippen LogP contribution in [0.5, 0.6) is 0 Å². The van der Waals surface area contributed by atoms with Crippen molar-refractivity contribution in [3.63, 3.8) is 0 Å². The van der Waals surface area contributed by atoms with E-state index >= 15 is 0 Å². The van der Waals surface area contributed by atoms with E-state index in [4.69, 9.17) is 0 Å². The van der Waals surface area contributed by atoms with E-state index in [2.05, 4.69) is 15.5 Å². The molecule has 1 atom stereocenters. The van der Waals surface area contributed by atoms with Crippen molar-refractivity contribution >= 4 is 28.3 Å². The number of alkyl halides is 3. The lowest BCUT2D eigenvalue weighted by atomic mass is 9.94. The Kier molecular flexibility index (Phi) is 4.75. The Labute approximate surface area is 140 Å². The number of anilines is 1. The number of likely N-dealkylation sites (tertiary alicyclic amines) is 1. The van der Waals surface area contributed by atoms with E-state index in [1.807, 2.05) is 0 Å². The van der Waals surface area contributed by atoms with Crippen LogP contribution >= 0.6 is 11.3 Å². The largest absolute Gasteiger partial charge is 0.445 e. The second kappa shape index (κ2) is 6.66. The van der Waals surface area contributed by atoms with Gasteiger partial charge in [0, 0.05) is 19.0 Å². The molecule has 2 aliphatic rings. The van der Waals surface area contributed by atoms with E-state index in [0.29, 0.717) is 6.54 Å². The van der Waals surface area contributed by atoms with E-state index in [9.17, 15) is 22.8 Å². The minimum absolute atomic E-state index is 0.0599. The molecule has 1 unspecified atom stereocenters. The van der Waals surface area contributed by atoms with Crippen LogP contribution < -0.4 is 5.32 Å². The number of rotatable bonds is 3. The first-order valence-electron chi connectivity index (χ1n) is 7.85. The number of aromatic nitrogens is 2. The van der Waals surface area contributed by atoms with Crippen LogP contribution in [0.2, 0.25) is 0 Å². The van der Waals surface area contributed by atoms with Crippen LogP contribution in [0.3, 0.4) is 0 Å². The quantitative estimate of drug-likeness (QED) is 0.897. The van der Waals surface area contributed by atoms with E-state index in [1.54, 1.807) is 4.90 Å². The highest BCUT2D eigenvalue weighted by molar-refractivity contribution is 7.15. The summed E-state index contributed by atoms with van der Waals surface area (Å²) in [5.41, 5.74) is 0. The molecule has 3 rings (SSSR count). The van der Waals surface area contributed by atoms with Gasteiger partial charge >= 0.3 is 6.18 Å². The molecule has 6 nitrogen and oxygen atoms in total. The molecule has 0 bridgehead atoms. The summed E-state index contributed by atoms with van der Waals surface area (Å²) in [6.45, 7) is 0.320. The van der Waals surface area contributed by atoms with Crippen molar-refractivity contribution in [2.45, 2.75) is 50.7 Å². The second-order valence-corrected chi connectivity index (χ2v) is 7.12. The molecule has 1 saturated carbocycles. The third kappa shape index (κ3) is 3.68. The predicted octanol–water partition coefficient (Wildman–Crippen LogP) is 2.68. The van der Waals surface area contributed by atoms with Crippen molar-refractivity contribution < 1.29 is 22.8 Å². The van der Waals surface area contributed by atoms with Gasteiger partial charge in [0.05, 0.1) is 5.92 Å². The predicted molar refractivity (Wildman–Crippen MR) is 80.2 cm³/mol. The molecule has 0 aromatic carbocycles. The number of amides is 2. The van der Waals surface area contributed by atoms with Gasteiger partial charge in [-0.2, -0.15) is 13.2 Å². The van der Waals surface area contributed by atoms with Gasteiger partial charge in [-0.25, -0.2) is 0 Å². The van der Waals surface area contributed by atoms with Gasteiger partial charge in [0.25, 0.3) is 0 Å². The van der Waals surface area contributed by atoms with Crippen molar-refractivity contribution in [3.05, 3.63) is 5.01 Å². The highest BCUT2D eigenvalue weighted by atomic mass is 32.1. The molecule has 0 radical (unpaired) electrons. The minimum atomic E-state index is -4.58. The fourth-order valence-electron chi connectivity index (χ4n) is 3.25. The first-order chi connectivity index (χ1) is 11.3. The van der Waals surface area contributed by atoms with Crippen molar-refractivity contribution in [3.8, 4) is 0 Å². The maximum Gasteiger partial charge on any atom is 0.445 e. The van der Waals surface area contributed by atoms with Gasteiger partial charge in [0.1, 0.15) is 0 Å². The Morgan fingerprint density at radius 1 is 1.21 bits per heavy atom. The molecule has 2 fully saturated rings. The monoisotopic (exact) mass is 362 g/mol. The number of halogens is 3. The molecule has 1 aromatic heterocycles. The van der Waals surface area contributed by atoms with E-state index in [-0.39, 0.29) is 34.8 Å². The maximum absolute atomic E-state index is 12.5. The normalized spacial score (nSPS) is 22.9. The zero-order chi connectivity index (χ0) is 17.3. The number of nitrogens with one attached hydrogen (secondary N) is 1. The fraction of sp³-hybridized carbons (Fsp3) is 0.714. The standard InChI is InChI=1S/C14H17F3N4O2S/c15-14(16,17)12-19-20-13(24-12)18-11(23)8-6-10(22)21(7-8)9-4-2-1-3-5-9/h8-9H,1-7H2,(H,18,20,23). The lowest BCUT2D eigenvalue weighted by Gasteiger charge is -2.31.